The van der Waals surface area contributed by atoms with Gasteiger partial charge in [0.1, 0.15) is 12.4 Å². The van der Waals surface area contributed by atoms with Gasteiger partial charge in [-0.25, -0.2) is 0 Å². The largest absolute Gasteiger partial charge is 0.462 e. The van der Waals surface area contributed by atoms with Crippen molar-refractivity contribution in [3.63, 3.8) is 0 Å². The van der Waals surface area contributed by atoms with Gasteiger partial charge in [-0.3, -0.25) is 9.78 Å². The second-order valence-electron chi connectivity index (χ2n) is 10.5. The molecule has 2 aliphatic heterocycles. The van der Waals surface area contributed by atoms with E-state index in [1.54, 1.807) is 4.90 Å². The summed E-state index contributed by atoms with van der Waals surface area (Å²) in [5.74, 6) is 0.431. The second-order valence-corrected chi connectivity index (χ2v) is 10.5. The summed E-state index contributed by atoms with van der Waals surface area (Å²) in [5, 5.41) is 9.56. The molecule has 1 fully saturated rings. The molecule has 1 aromatic carbocycles. The molecule has 1 amide bonds. The number of hydrogen-bond donors (Lipinski definition) is 1. The van der Waals surface area contributed by atoms with Gasteiger partial charge in [0.2, 0.25) is 5.91 Å². The Morgan fingerprint density at radius 2 is 2.10 bits per heavy atom. The average Bonchev–Trinajstić information content (AvgIpc) is 3.40. The lowest BCUT2D eigenvalue weighted by Crippen LogP contribution is -2.37. The minimum absolute atomic E-state index is 0. The van der Waals surface area contributed by atoms with Crippen LogP contribution in [0.3, 0.4) is 0 Å². The van der Waals surface area contributed by atoms with Crippen LogP contribution < -0.4 is 15.4 Å². The molecule has 5 rings (SSSR count). The molecule has 42 heavy (non-hydrogen) atoms. The lowest BCUT2D eigenvalue weighted by molar-refractivity contribution is -0.127. The van der Waals surface area contributed by atoms with E-state index in [2.05, 4.69) is 57.7 Å². The highest BCUT2D eigenvalue weighted by Crippen LogP contribution is 2.31. The minimum atomic E-state index is -0.111. The Bertz CT molecular complexity index is 1410. The molecule has 0 aliphatic carbocycles. The van der Waals surface area contributed by atoms with Crippen molar-refractivity contribution in [3.05, 3.63) is 60.4 Å². The number of carbonyl (C=O) groups is 1. The summed E-state index contributed by atoms with van der Waals surface area (Å²) in [4.78, 5) is 31.2. The number of nitrogen functional groups attached to an aromatic ring is 1. The number of likely N-dealkylation sites (N-methyl/N-ethyl adjacent to an activating group) is 2. The van der Waals surface area contributed by atoms with Gasteiger partial charge in [0.15, 0.2) is 0 Å². The Labute approximate surface area is 255 Å². The van der Waals surface area contributed by atoms with Crippen molar-refractivity contribution in [2.24, 2.45) is 0 Å². The molecule has 1 saturated heterocycles. The number of benzene rings is 1. The van der Waals surface area contributed by atoms with Crippen molar-refractivity contribution < 1.29 is 9.53 Å². The Balaban J connectivity index is 0.000000320. The van der Waals surface area contributed by atoms with Crippen LogP contribution in [0.15, 0.2) is 49.2 Å². The zero-order valence-electron chi connectivity index (χ0n) is 24.8. The van der Waals surface area contributed by atoms with Crippen LogP contribution in [0.2, 0.25) is 0 Å². The lowest BCUT2D eigenvalue weighted by Gasteiger charge is -2.31. The summed E-state index contributed by atoms with van der Waals surface area (Å²) in [6, 6.07) is 13.2. The number of anilines is 2. The molecule has 2 aliphatic rings. The number of amides is 1. The SMILES string of the molecule is C=CC(=O)N(CC)C(C)CC#N.CN1CCC[C@H]1COc1nc(N)c2c(n1)CN(c1cccc3cccnc13)CC2.S. The summed E-state index contributed by atoms with van der Waals surface area (Å²) in [6.45, 7) is 11.0. The third-order valence-corrected chi connectivity index (χ3v) is 7.82. The fraction of sp³-hybridized carbons (Fsp3) is 0.452. The van der Waals surface area contributed by atoms with Crippen molar-refractivity contribution in [2.75, 3.05) is 43.9 Å². The number of pyridine rings is 1. The summed E-state index contributed by atoms with van der Waals surface area (Å²) < 4.78 is 5.94. The van der Waals surface area contributed by atoms with Crippen molar-refractivity contribution in [1.29, 1.82) is 5.26 Å². The van der Waals surface area contributed by atoms with E-state index in [0.717, 1.165) is 53.8 Å². The molecule has 0 saturated carbocycles. The number of likely N-dealkylation sites (tertiary alicyclic amines) is 1. The number of nitriles is 1. The zero-order chi connectivity index (χ0) is 29.4. The van der Waals surface area contributed by atoms with E-state index < -0.39 is 0 Å². The summed E-state index contributed by atoms with van der Waals surface area (Å²) >= 11 is 0. The lowest BCUT2D eigenvalue weighted by atomic mass is 10.0. The molecule has 10 nitrogen and oxygen atoms in total. The van der Waals surface area contributed by atoms with Gasteiger partial charge in [0.25, 0.3) is 0 Å². The van der Waals surface area contributed by atoms with Gasteiger partial charge in [-0.2, -0.15) is 28.7 Å². The van der Waals surface area contributed by atoms with Crippen LogP contribution in [-0.2, 0) is 17.8 Å². The molecular weight excluding hydrogens is 548 g/mol. The van der Waals surface area contributed by atoms with Gasteiger partial charge in [-0.1, -0.05) is 24.8 Å². The molecule has 11 heteroatoms. The topological polar surface area (TPSA) is 124 Å². The Hall–Kier alpha value is -3.88. The van der Waals surface area contributed by atoms with Crippen molar-refractivity contribution in [1.82, 2.24) is 24.8 Å². The number of nitrogens with zero attached hydrogens (tertiary/aromatic N) is 7. The maximum Gasteiger partial charge on any atom is 0.318 e. The highest BCUT2D eigenvalue weighted by molar-refractivity contribution is 7.59. The molecule has 1 unspecified atom stereocenters. The highest BCUT2D eigenvalue weighted by Gasteiger charge is 2.25. The average molecular weight is 591 g/mol. The number of para-hydroxylation sites is 1. The van der Waals surface area contributed by atoms with Gasteiger partial charge in [0, 0.05) is 42.3 Å². The van der Waals surface area contributed by atoms with Crippen LogP contribution in [-0.4, -0.2) is 76.0 Å². The molecule has 2 aromatic heterocycles. The van der Waals surface area contributed by atoms with E-state index in [1.807, 2.05) is 32.2 Å². The molecule has 0 bridgehead atoms. The van der Waals surface area contributed by atoms with Crippen LogP contribution in [0.25, 0.3) is 10.9 Å². The smallest absolute Gasteiger partial charge is 0.318 e. The Morgan fingerprint density at radius 3 is 2.79 bits per heavy atom. The van der Waals surface area contributed by atoms with E-state index in [0.29, 0.717) is 44.0 Å². The van der Waals surface area contributed by atoms with Gasteiger partial charge >= 0.3 is 6.01 Å². The fourth-order valence-electron chi connectivity index (χ4n) is 5.45. The number of carbonyl (C=O) groups excluding carboxylic acids is 1. The summed E-state index contributed by atoms with van der Waals surface area (Å²) in [7, 11) is 2.14. The molecule has 3 aromatic rings. The number of rotatable bonds is 8. The molecule has 0 spiro atoms. The highest BCUT2D eigenvalue weighted by atomic mass is 32.1. The molecule has 224 valence electrons. The van der Waals surface area contributed by atoms with Gasteiger partial charge in [-0.15, -0.1) is 0 Å². The number of nitrogens with two attached hydrogens (primary N) is 1. The Kier molecular flexibility index (Phi) is 11.9. The number of aromatic nitrogens is 3. The van der Waals surface area contributed by atoms with Crippen LogP contribution in [0, 0.1) is 11.3 Å². The van der Waals surface area contributed by atoms with E-state index in [1.165, 1.54) is 12.5 Å². The zero-order valence-corrected chi connectivity index (χ0v) is 25.8. The third kappa shape index (κ3) is 7.69. The third-order valence-electron chi connectivity index (χ3n) is 7.82. The fourth-order valence-corrected chi connectivity index (χ4v) is 5.45. The first kappa shape index (κ1) is 32.6. The van der Waals surface area contributed by atoms with E-state index >= 15 is 0 Å². The van der Waals surface area contributed by atoms with E-state index in [9.17, 15) is 4.79 Å². The maximum absolute atomic E-state index is 11.2. The van der Waals surface area contributed by atoms with Crippen LogP contribution in [0.5, 0.6) is 6.01 Å². The van der Waals surface area contributed by atoms with Gasteiger partial charge < -0.3 is 25.2 Å². The quantitative estimate of drug-likeness (QED) is 0.387. The first-order valence-corrected chi connectivity index (χ1v) is 14.2. The number of ether oxygens (including phenoxy) is 1. The standard InChI is InChI=1S/C22H26N6O.C9H14N2O.H2S/c1-27-11-4-7-16(27)14-29-22-25-18-13-28(12-9-17(18)21(23)26-22)19-8-2-5-15-6-3-10-24-20(15)19;1-4-9(12)11(5-2)8(3)6-7-10;/h2-3,5-6,8,10,16H,4,7,9,11-14H2,1H3,(H2,23,25,26);4,8H,1,5-6H2,2-3H3;1H2/t16-;;/m0../s1. The predicted octanol–water partition coefficient (Wildman–Crippen LogP) is 4.08. The van der Waals surface area contributed by atoms with E-state index in [-0.39, 0.29) is 25.4 Å². The molecular formula is C31H42N8O2S. The summed E-state index contributed by atoms with van der Waals surface area (Å²) in [5.41, 5.74) is 10.4. The first-order valence-electron chi connectivity index (χ1n) is 14.2. The van der Waals surface area contributed by atoms with Crippen molar-refractivity contribution >= 4 is 41.8 Å². The van der Waals surface area contributed by atoms with Crippen LogP contribution in [0.4, 0.5) is 11.5 Å². The predicted molar refractivity (Wildman–Crippen MR) is 172 cm³/mol. The van der Waals surface area contributed by atoms with Crippen molar-refractivity contribution in [2.45, 2.75) is 58.2 Å². The van der Waals surface area contributed by atoms with Crippen molar-refractivity contribution in [3.8, 4) is 12.1 Å². The summed E-state index contributed by atoms with van der Waals surface area (Å²) in [6.07, 6.45) is 6.67. The maximum atomic E-state index is 11.2. The number of fused-ring (bicyclic) bond motifs is 2. The first-order chi connectivity index (χ1) is 19.9. The molecule has 2 atom stereocenters. The van der Waals surface area contributed by atoms with Gasteiger partial charge in [-0.05, 0) is 64.9 Å². The van der Waals surface area contributed by atoms with Crippen LogP contribution in [0.1, 0.15) is 44.4 Å². The molecule has 0 radical (unpaired) electrons. The number of hydrogen-bond acceptors (Lipinski definition) is 9. The van der Waals surface area contributed by atoms with Crippen LogP contribution >= 0.6 is 13.5 Å². The van der Waals surface area contributed by atoms with Gasteiger partial charge in [0.05, 0.1) is 35.9 Å². The molecule has 2 N–H and O–H groups in total. The normalized spacial score (nSPS) is 16.7. The monoisotopic (exact) mass is 590 g/mol. The molecule has 4 heterocycles. The minimum Gasteiger partial charge on any atom is -0.462 e. The second kappa shape index (κ2) is 15.4. The van der Waals surface area contributed by atoms with E-state index in [4.69, 9.17) is 20.7 Å². The Morgan fingerprint density at radius 1 is 1.31 bits per heavy atom.